The van der Waals surface area contributed by atoms with Gasteiger partial charge in [-0.25, -0.2) is 0 Å². The molecule has 3 nitrogen and oxygen atoms in total. The normalized spacial score (nSPS) is 25.9. The monoisotopic (exact) mass is 218 g/mol. The summed E-state index contributed by atoms with van der Waals surface area (Å²) in [5, 5.41) is 3.40. The lowest BCUT2D eigenvalue weighted by molar-refractivity contribution is 0.126. The van der Waals surface area contributed by atoms with E-state index in [2.05, 4.69) is 34.5 Å². The fraction of sp³-hybridized carbons (Fsp3) is 0.538. The van der Waals surface area contributed by atoms with Crippen LogP contribution in [0.3, 0.4) is 0 Å². The number of rotatable bonds is 1. The highest BCUT2D eigenvalue weighted by atomic mass is 16.5. The molecule has 2 aliphatic rings. The first kappa shape index (κ1) is 10.1. The van der Waals surface area contributed by atoms with Gasteiger partial charge in [-0.05, 0) is 6.07 Å². The second-order valence-corrected chi connectivity index (χ2v) is 4.48. The number of hydrogen-bond donors (Lipinski definition) is 1. The van der Waals surface area contributed by atoms with Gasteiger partial charge in [0.1, 0.15) is 5.75 Å². The van der Waals surface area contributed by atoms with E-state index in [-0.39, 0.29) is 0 Å². The van der Waals surface area contributed by atoms with Crippen LogP contribution in [0, 0.1) is 0 Å². The van der Waals surface area contributed by atoms with Crippen LogP contribution >= 0.6 is 0 Å². The molecule has 1 saturated heterocycles. The van der Waals surface area contributed by atoms with Gasteiger partial charge in [0.05, 0.1) is 6.61 Å². The van der Waals surface area contributed by atoms with Crippen LogP contribution in [0.2, 0.25) is 0 Å². The Morgan fingerprint density at radius 2 is 2.00 bits per heavy atom. The summed E-state index contributed by atoms with van der Waals surface area (Å²) in [4.78, 5) is 2.58. The predicted octanol–water partition coefficient (Wildman–Crippen LogP) is 1.42. The van der Waals surface area contributed by atoms with Gasteiger partial charge in [0.2, 0.25) is 0 Å². The number of fused-ring (bicyclic) bond motifs is 1. The largest absolute Gasteiger partial charge is 0.493 e. The summed E-state index contributed by atoms with van der Waals surface area (Å²) in [7, 11) is 0. The quantitative estimate of drug-likeness (QED) is 0.771. The third-order valence-electron chi connectivity index (χ3n) is 3.52. The maximum atomic E-state index is 5.70. The van der Waals surface area contributed by atoms with Crippen LogP contribution in [-0.4, -0.2) is 37.7 Å². The molecule has 0 aromatic heterocycles. The van der Waals surface area contributed by atoms with Crippen LogP contribution < -0.4 is 10.1 Å². The number of nitrogens with zero attached hydrogens (tertiary/aromatic N) is 1. The van der Waals surface area contributed by atoms with E-state index >= 15 is 0 Å². The number of ether oxygens (including phenoxy) is 1. The maximum absolute atomic E-state index is 5.70. The molecule has 2 aliphatic heterocycles. The van der Waals surface area contributed by atoms with Crippen molar-refractivity contribution < 1.29 is 4.74 Å². The van der Waals surface area contributed by atoms with Crippen molar-refractivity contribution >= 4 is 0 Å². The van der Waals surface area contributed by atoms with Gasteiger partial charge >= 0.3 is 0 Å². The number of benzene rings is 1. The first-order valence-corrected chi connectivity index (χ1v) is 6.11. The third-order valence-corrected chi connectivity index (χ3v) is 3.52. The number of nitrogens with one attached hydrogen (secondary N) is 1. The highest BCUT2D eigenvalue weighted by Crippen LogP contribution is 2.35. The van der Waals surface area contributed by atoms with Crippen LogP contribution in [0.15, 0.2) is 24.3 Å². The maximum Gasteiger partial charge on any atom is 0.124 e. The Kier molecular flexibility index (Phi) is 2.80. The molecule has 3 rings (SSSR count). The molecule has 1 atom stereocenters. The van der Waals surface area contributed by atoms with Crippen molar-refractivity contribution in [1.82, 2.24) is 10.2 Å². The van der Waals surface area contributed by atoms with Crippen LogP contribution in [0.1, 0.15) is 18.0 Å². The summed E-state index contributed by atoms with van der Waals surface area (Å²) in [6, 6.07) is 9.03. The molecule has 16 heavy (non-hydrogen) atoms. The van der Waals surface area contributed by atoms with Crippen molar-refractivity contribution in [3.8, 4) is 5.75 Å². The summed E-state index contributed by atoms with van der Waals surface area (Å²) < 4.78 is 5.70. The number of para-hydroxylation sites is 1. The molecule has 1 fully saturated rings. The minimum atomic E-state index is 0.562. The smallest absolute Gasteiger partial charge is 0.124 e. The highest BCUT2D eigenvalue weighted by molar-refractivity contribution is 5.37. The topological polar surface area (TPSA) is 24.5 Å². The van der Waals surface area contributed by atoms with E-state index in [1.165, 1.54) is 5.56 Å². The van der Waals surface area contributed by atoms with Crippen LogP contribution in [0.5, 0.6) is 5.75 Å². The Hall–Kier alpha value is -1.06. The van der Waals surface area contributed by atoms with Gasteiger partial charge in [0.25, 0.3) is 0 Å². The summed E-state index contributed by atoms with van der Waals surface area (Å²) >= 11 is 0. The zero-order valence-corrected chi connectivity index (χ0v) is 9.48. The van der Waals surface area contributed by atoms with Gasteiger partial charge in [0, 0.05) is 44.2 Å². The summed E-state index contributed by atoms with van der Waals surface area (Å²) in [5.74, 6) is 1.08. The van der Waals surface area contributed by atoms with E-state index in [1.54, 1.807) is 0 Å². The molecular formula is C13H18N2O. The van der Waals surface area contributed by atoms with E-state index in [0.29, 0.717) is 6.04 Å². The van der Waals surface area contributed by atoms with Gasteiger partial charge in [-0.3, -0.25) is 4.90 Å². The summed E-state index contributed by atoms with van der Waals surface area (Å²) in [6.07, 6.45) is 1.12. The SMILES string of the molecule is c1ccc2c(c1)OCC[C@@H]2N1CCNCC1. The summed E-state index contributed by atoms with van der Waals surface area (Å²) in [6.45, 7) is 5.38. The molecule has 1 N–H and O–H groups in total. The van der Waals surface area contributed by atoms with Crippen molar-refractivity contribution in [2.75, 3.05) is 32.8 Å². The molecule has 1 aromatic carbocycles. The molecule has 0 unspecified atom stereocenters. The molecule has 0 amide bonds. The van der Waals surface area contributed by atoms with E-state index in [1.807, 2.05) is 0 Å². The van der Waals surface area contributed by atoms with Gasteiger partial charge in [-0.1, -0.05) is 18.2 Å². The van der Waals surface area contributed by atoms with Crippen molar-refractivity contribution in [2.45, 2.75) is 12.5 Å². The lowest BCUT2D eigenvalue weighted by atomic mass is 9.98. The average molecular weight is 218 g/mol. The molecule has 0 spiro atoms. The molecule has 0 aliphatic carbocycles. The fourth-order valence-corrected chi connectivity index (χ4v) is 2.70. The van der Waals surface area contributed by atoms with E-state index in [4.69, 9.17) is 4.74 Å². The van der Waals surface area contributed by atoms with Crippen molar-refractivity contribution in [3.63, 3.8) is 0 Å². The lowest BCUT2D eigenvalue weighted by Gasteiger charge is -2.38. The van der Waals surface area contributed by atoms with E-state index in [0.717, 1.165) is 45.0 Å². The Labute approximate surface area is 96.4 Å². The highest BCUT2D eigenvalue weighted by Gasteiger charge is 2.27. The van der Waals surface area contributed by atoms with Crippen molar-refractivity contribution in [2.24, 2.45) is 0 Å². The third kappa shape index (κ3) is 1.81. The van der Waals surface area contributed by atoms with Gasteiger partial charge in [0.15, 0.2) is 0 Å². The van der Waals surface area contributed by atoms with Crippen molar-refractivity contribution in [3.05, 3.63) is 29.8 Å². The molecule has 3 heteroatoms. The summed E-state index contributed by atoms with van der Waals surface area (Å²) in [5.41, 5.74) is 1.37. The van der Waals surface area contributed by atoms with E-state index in [9.17, 15) is 0 Å². The van der Waals surface area contributed by atoms with Gasteiger partial charge < -0.3 is 10.1 Å². The van der Waals surface area contributed by atoms with Crippen LogP contribution in [-0.2, 0) is 0 Å². The van der Waals surface area contributed by atoms with Gasteiger partial charge in [-0.15, -0.1) is 0 Å². The molecule has 0 radical (unpaired) electrons. The predicted molar refractivity (Wildman–Crippen MR) is 63.7 cm³/mol. The Balaban J connectivity index is 1.86. The first-order chi connectivity index (χ1) is 7.95. The Morgan fingerprint density at radius 3 is 2.88 bits per heavy atom. The Morgan fingerprint density at radius 1 is 1.19 bits per heavy atom. The zero-order valence-electron chi connectivity index (χ0n) is 9.48. The second-order valence-electron chi connectivity index (χ2n) is 4.48. The molecular weight excluding hydrogens is 200 g/mol. The molecule has 2 heterocycles. The molecule has 86 valence electrons. The first-order valence-electron chi connectivity index (χ1n) is 6.11. The van der Waals surface area contributed by atoms with Crippen LogP contribution in [0.4, 0.5) is 0 Å². The number of piperazine rings is 1. The standard InChI is InChI=1S/C13H18N2O/c1-2-4-13-11(3-1)12(5-10-16-13)15-8-6-14-7-9-15/h1-4,12,14H,5-10H2/t12-/m0/s1. The lowest BCUT2D eigenvalue weighted by Crippen LogP contribution is -2.46. The van der Waals surface area contributed by atoms with Crippen molar-refractivity contribution in [1.29, 1.82) is 0 Å². The number of hydrogen-bond acceptors (Lipinski definition) is 3. The Bertz CT molecular complexity index is 361. The molecule has 0 bridgehead atoms. The minimum absolute atomic E-state index is 0.562. The second kappa shape index (κ2) is 4.44. The fourth-order valence-electron chi connectivity index (χ4n) is 2.70. The van der Waals surface area contributed by atoms with Gasteiger partial charge in [-0.2, -0.15) is 0 Å². The van der Waals surface area contributed by atoms with E-state index < -0.39 is 0 Å². The molecule has 0 saturated carbocycles. The molecule has 1 aromatic rings. The van der Waals surface area contributed by atoms with Crippen LogP contribution in [0.25, 0.3) is 0 Å². The minimum Gasteiger partial charge on any atom is -0.493 e. The zero-order chi connectivity index (χ0) is 10.8. The average Bonchev–Trinajstić information content (AvgIpc) is 2.39.